The Hall–Kier alpha value is -0.950. The smallest absolute Gasteiger partial charge is 0.152 e. The van der Waals surface area contributed by atoms with E-state index >= 15 is 0 Å². The topological polar surface area (TPSA) is 76.9 Å². The van der Waals surface area contributed by atoms with Crippen LogP contribution in [0.15, 0.2) is 6.20 Å². The van der Waals surface area contributed by atoms with Crippen molar-refractivity contribution >= 4 is 9.84 Å². The van der Waals surface area contributed by atoms with Crippen molar-refractivity contribution in [2.75, 3.05) is 11.5 Å². The molecule has 6 nitrogen and oxygen atoms in total. The normalized spacial score (nSPS) is 16.1. The van der Waals surface area contributed by atoms with Crippen molar-refractivity contribution in [2.24, 2.45) is 0 Å². The first-order valence-corrected chi connectivity index (χ1v) is 8.24. The van der Waals surface area contributed by atoms with Crippen molar-refractivity contribution in [1.82, 2.24) is 20.3 Å². The van der Waals surface area contributed by atoms with Crippen LogP contribution in [0, 0.1) is 0 Å². The van der Waals surface area contributed by atoms with Crippen molar-refractivity contribution < 1.29 is 8.42 Å². The van der Waals surface area contributed by atoms with Crippen LogP contribution in [-0.4, -0.2) is 41.0 Å². The van der Waals surface area contributed by atoms with E-state index in [4.69, 9.17) is 0 Å². The van der Waals surface area contributed by atoms with Crippen LogP contribution in [0.5, 0.6) is 0 Å². The molecule has 1 heterocycles. The van der Waals surface area contributed by atoms with Crippen LogP contribution in [-0.2, 0) is 22.9 Å². The minimum atomic E-state index is -2.94. The van der Waals surface area contributed by atoms with E-state index in [1.54, 1.807) is 4.68 Å². The molecule has 1 saturated carbocycles. The summed E-state index contributed by atoms with van der Waals surface area (Å²) in [7, 11) is -2.94. The Morgan fingerprint density at radius 1 is 1.44 bits per heavy atom. The monoisotopic (exact) mass is 272 g/mol. The van der Waals surface area contributed by atoms with E-state index in [1.807, 2.05) is 13.1 Å². The SMILES string of the molecule is CCCS(=O)(=O)CCn1cc(CNC2CC2)nn1. The predicted molar refractivity (Wildman–Crippen MR) is 68.8 cm³/mol. The van der Waals surface area contributed by atoms with E-state index in [0.717, 1.165) is 5.69 Å². The highest BCUT2D eigenvalue weighted by molar-refractivity contribution is 7.91. The first-order chi connectivity index (χ1) is 8.59. The molecule has 0 spiro atoms. The molecule has 0 atom stereocenters. The Bertz CT molecular complexity index is 479. The lowest BCUT2D eigenvalue weighted by atomic mass is 10.4. The summed E-state index contributed by atoms with van der Waals surface area (Å²) in [6.45, 7) is 2.97. The molecule has 18 heavy (non-hydrogen) atoms. The van der Waals surface area contributed by atoms with Crippen LogP contribution in [0.1, 0.15) is 31.9 Å². The van der Waals surface area contributed by atoms with Gasteiger partial charge in [0, 0.05) is 24.5 Å². The van der Waals surface area contributed by atoms with Gasteiger partial charge in [-0.25, -0.2) is 8.42 Å². The third-order valence-corrected chi connectivity index (χ3v) is 4.72. The molecule has 0 bridgehead atoms. The lowest BCUT2D eigenvalue weighted by Gasteiger charge is -2.02. The minimum Gasteiger partial charge on any atom is -0.308 e. The second-order valence-electron chi connectivity index (χ2n) is 4.78. The van der Waals surface area contributed by atoms with Crippen LogP contribution in [0.2, 0.25) is 0 Å². The van der Waals surface area contributed by atoms with Gasteiger partial charge < -0.3 is 5.32 Å². The first kappa shape index (κ1) is 13.5. The molecule has 0 aliphatic heterocycles. The lowest BCUT2D eigenvalue weighted by Crippen LogP contribution is -2.16. The van der Waals surface area contributed by atoms with Crippen LogP contribution in [0.4, 0.5) is 0 Å². The number of hydrogen-bond donors (Lipinski definition) is 1. The van der Waals surface area contributed by atoms with Gasteiger partial charge in [-0.3, -0.25) is 4.68 Å². The van der Waals surface area contributed by atoms with Crippen molar-refractivity contribution in [3.63, 3.8) is 0 Å². The van der Waals surface area contributed by atoms with E-state index in [2.05, 4.69) is 15.6 Å². The van der Waals surface area contributed by atoms with Crippen LogP contribution in [0.3, 0.4) is 0 Å². The summed E-state index contributed by atoms with van der Waals surface area (Å²) in [4.78, 5) is 0. The average molecular weight is 272 g/mol. The third-order valence-electron chi connectivity index (χ3n) is 2.88. The zero-order valence-corrected chi connectivity index (χ0v) is 11.5. The highest BCUT2D eigenvalue weighted by Crippen LogP contribution is 2.18. The van der Waals surface area contributed by atoms with Crippen molar-refractivity contribution in [3.8, 4) is 0 Å². The van der Waals surface area contributed by atoms with E-state index in [-0.39, 0.29) is 11.5 Å². The maximum absolute atomic E-state index is 11.6. The minimum absolute atomic E-state index is 0.139. The molecule has 0 unspecified atom stereocenters. The highest BCUT2D eigenvalue weighted by Gasteiger charge is 2.20. The molecule has 102 valence electrons. The third kappa shape index (κ3) is 4.38. The molecule has 1 aliphatic rings. The van der Waals surface area contributed by atoms with Crippen molar-refractivity contribution in [1.29, 1.82) is 0 Å². The van der Waals surface area contributed by atoms with Gasteiger partial charge in [-0.05, 0) is 19.3 Å². The number of nitrogens with zero attached hydrogens (tertiary/aromatic N) is 3. The fourth-order valence-electron chi connectivity index (χ4n) is 1.71. The van der Waals surface area contributed by atoms with Gasteiger partial charge in [-0.2, -0.15) is 0 Å². The molecule has 0 aromatic carbocycles. The number of rotatable bonds is 8. The molecule has 1 N–H and O–H groups in total. The maximum Gasteiger partial charge on any atom is 0.152 e. The zero-order chi connectivity index (χ0) is 13.0. The van der Waals surface area contributed by atoms with Crippen LogP contribution < -0.4 is 5.32 Å². The van der Waals surface area contributed by atoms with E-state index in [1.165, 1.54) is 12.8 Å². The average Bonchev–Trinajstić information content (AvgIpc) is 3.03. The summed E-state index contributed by atoms with van der Waals surface area (Å²) in [5.74, 6) is 0.386. The molecular formula is C11H20N4O2S. The maximum atomic E-state index is 11.6. The summed E-state index contributed by atoms with van der Waals surface area (Å²) < 4.78 is 24.7. The number of sulfone groups is 1. The van der Waals surface area contributed by atoms with Gasteiger partial charge in [-0.15, -0.1) is 5.10 Å². The summed E-state index contributed by atoms with van der Waals surface area (Å²) in [6.07, 6.45) is 4.96. The Balaban J connectivity index is 1.78. The largest absolute Gasteiger partial charge is 0.308 e. The van der Waals surface area contributed by atoms with Gasteiger partial charge in [0.1, 0.15) is 0 Å². The van der Waals surface area contributed by atoms with Crippen molar-refractivity contribution in [2.45, 2.75) is 45.3 Å². The molecule has 0 radical (unpaired) electrons. The second-order valence-corrected chi connectivity index (χ2v) is 7.08. The molecule has 2 rings (SSSR count). The number of aryl methyl sites for hydroxylation is 1. The fourth-order valence-corrected chi connectivity index (χ4v) is 3.00. The van der Waals surface area contributed by atoms with E-state index in [9.17, 15) is 8.42 Å². The number of nitrogens with one attached hydrogen (secondary N) is 1. The molecule has 1 fully saturated rings. The van der Waals surface area contributed by atoms with Gasteiger partial charge >= 0.3 is 0 Å². The van der Waals surface area contributed by atoms with Gasteiger partial charge in [0.05, 0.1) is 18.0 Å². The molecule has 1 aromatic heterocycles. The highest BCUT2D eigenvalue weighted by atomic mass is 32.2. The standard InChI is InChI=1S/C11H20N4O2S/c1-2-6-18(16,17)7-5-15-9-11(13-14-15)8-12-10-3-4-10/h9-10,12H,2-8H2,1H3. The molecule has 0 amide bonds. The molecule has 1 aromatic rings. The number of aromatic nitrogens is 3. The van der Waals surface area contributed by atoms with Crippen LogP contribution >= 0.6 is 0 Å². The Morgan fingerprint density at radius 2 is 2.22 bits per heavy atom. The summed E-state index contributed by atoms with van der Waals surface area (Å²) in [6, 6.07) is 0.639. The summed E-state index contributed by atoms with van der Waals surface area (Å²) in [5.41, 5.74) is 0.870. The summed E-state index contributed by atoms with van der Waals surface area (Å²) in [5, 5.41) is 11.3. The molecule has 0 saturated heterocycles. The fraction of sp³-hybridized carbons (Fsp3) is 0.818. The molecule has 1 aliphatic carbocycles. The van der Waals surface area contributed by atoms with Crippen LogP contribution in [0.25, 0.3) is 0 Å². The first-order valence-electron chi connectivity index (χ1n) is 6.42. The summed E-state index contributed by atoms with van der Waals surface area (Å²) >= 11 is 0. The molecular weight excluding hydrogens is 252 g/mol. The number of hydrogen-bond acceptors (Lipinski definition) is 5. The van der Waals surface area contributed by atoms with Gasteiger partial charge in [0.2, 0.25) is 0 Å². The Morgan fingerprint density at radius 3 is 2.89 bits per heavy atom. The quantitative estimate of drug-likeness (QED) is 0.739. The van der Waals surface area contributed by atoms with Crippen molar-refractivity contribution in [3.05, 3.63) is 11.9 Å². The predicted octanol–water partition coefficient (Wildman–Crippen LogP) is 0.355. The Kier molecular flexibility index (Phi) is 4.34. The lowest BCUT2D eigenvalue weighted by molar-refractivity contribution is 0.574. The second kappa shape index (κ2) is 5.79. The van der Waals surface area contributed by atoms with Gasteiger partial charge in [-0.1, -0.05) is 12.1 Å². The Labute approximate surface area is 108 Å². The van der Waals surface area contributed by atoms with E-state index < -0.39 is 9.84 Å². The van der Waals surface area contributed by atoms with Gasteiger partial charge in [0.15, 0.2) is 9.84 Å². The zero-order valence-electron chi connectivity index (χ0n) is 10.7. The van der Waals surface area contributed by atoms with E-state index in [0.29, 0.717) is 25.6 Å². The molecule has 7 heteroatoms. The van der Waals surface area contributed by atoms with Gasteiger partial charge in [0.25, 0.3) is 0 Å².